The summed E-state index contributed by atoms with van der Waals surface area (Å²) in [5.41, 5.74) is 1.20. The van der Waals surface area contributed by atoms with Gasteiger partial charge in [-0.3, -0.25) is 4.79 Å². The summed E-state index contributed by atoms with van der Waals surface area (Å²) in [5.74, 6) is 0.0372. The van der Waals surface area contributed by atoms with Crippen molar-refractivity contribution < 1.29 is 4.79 Å². The van der Waals surface area contributed by atoms with Crippen molar-refractivity contribution in [1.82, 2.24) is 10.6 Å². The summed E-state index contributed by atoms with van der Waals surface area (Å²) in [6.45, 7) is 5.01. The van der Waals surface area contributed by atoms with Crippen LogP contribution in [0.3, 0.4) is 0 Å². The molecule has 3 heteroatoms. The summed E-state index contributed by atoms with van der Waals surface area (Å²) in [5, 5.41) is 8.48. The Morgan fingerprint density at radius 1 is 1.16 bits per heavy atom. The number of nitrogens with one attached hydrogen (secondary N) is 2. The summed E-state index contributed by atoms with van der Waals surface area (Å²) in [7, 11) is 0. The van der Waals surface area contributed by atoms with E-state index in [1.807, 2.05) is 19.1 Å². The summed E-state index contributed by atoms with van der Waals surface area (Å²) < 4.78 is 0. The molecule has 2 aromatic carbocycles. The van der Waals surface area contributed by atoms with Crippen LogP contribution < -0.4 is 10.6 Å². The van der Waals surface area contributed by atoms with Crippen LogP contribution in [0.4, 0.5) is 0 Å². The lowest BCUT2D eigenvalue weighted by Gasteiger charge is -2.14. The fourth-order valence-corrected chi connectivity index (χ4v) is 2.10. The van der Waals surface area contributed by atoms with Crippen molar-refractivity contribution in [3.8, 4) is 0 Å². The first-order valence-electron chi connectivity index (χ1n) is 6.69. The van der Waals surface area contributed by atoms with Crippen molar-refractivity contribution in [1.29, 1.82) is 0 Å². The maximum absolute atomic E-state index is 11.4. The summed E-state index contributed by atoms with van der Waals surface area (Å²) in [6, 6.07) is 14.9. The molecular weight excluding hydrogens is 236 g/mol. The van der Waals surface area contributed by atoms with Gasteiger partial charge in [0.1, 0.15) is 0 Å². The Morgan fingerprint density at radius 2 is 1.89 bits per heavy atom. The molecule has 2 N–H and O–H groups in total. The zero-order valence-corrected chi connectivity index (χ0v) is 11.4. The number of carbonyl (C=O) groups is 1. The Morgan fingerprint density at radius 3 is 2.63 bits per heavy atom. The number of benzene rings is 2. The van der Waals surface area contributed by atoms with Crippen LogP contribution in [-0.2, 0) is 4.79 Å². The standard InChI is InChI=1S/C16H20N2O/c1-3-17-16(19)11-18-12(2)14-9-8-13-6-4-5-7-15(13)10-14/h4-10,12,18H,3,11H2,1-2H3,(H,17,19)/t12-/m0/s1. The predicted octanol–water partition coefficient (Wildman–Crippen LogP) is 2.63. The average molecular weight is 256 g/mol. The van der Waals surface area contributed by atoms with E-state index in [-0.39, 0.29) is 11.9 Å². The number of hydrogen-bond acceptors (Lipinski definition) is 2. The minimum Gasteiger partial charge on any atom is -0.355 e. The SMILES string of the molecule is CCNC(=O)CN[C@@H](C)c1ccc2ccccc2c1. The monoisotopic (exact) mass is 256 g/mol. The Hall–Kier alpha value is -1.87. The molecule has 100 valence electrons. The number of fused-ring (bicyclic) bond motifs is 1. The van der Waals surface area contributed by atoms with Gasteiger partial charge in [-0.05, 0) is 36.2 Å². The molecule has 0 aliphatic heterocycles. The zero-order chi connectivity index (χ0) is 13.7. The molecule has 2 aromatic rings. The molecule has 0 saturated heterocycles. The highest BCUT2D eigenvalue weighted by Crippen LogP contribution is 2.19. The third-order valence-corrected chi connectivity index (χ3v) is 3.22. The third-order valence-electron chi connectivity index (χ3n) is 3.22. The molecule has 0 aliphatic rings. The van der Waals surface area contributed by atoms with Gasteiger partial charge in [0.25, 0.3) is 0 Å². The van der Waals surface area contributed by atoms with Gasteiger partial charge in [-0.15, -0.1) is 0 Å². The maximum Gasteiger partial charge on any atom is 0.233 e. The van der Waals surface area contributed by atoms with E-state index in [2.05, 4.69) is 47.9 Å². The second-order valence-corrected chi connectivity index (χ2v) is 4.66. The van der Waals surface area contributed by atoms with Crippen LogP contribution in [0, 0.1) is 0 Å². The second-order valence-electron chi connectivity index (χ2n) is 4.66. The van der Waals surface area contributed by atoms with Gasteiger partial charge in [0.05, 0.1) is 6.54 Å². The van der Waals surface area contributed by atoms with Crippen molar-refractivity contribution in [3.05, 3.63) is 48.0 Å². The van der Waals surface area contributed by atoms with E-state index in [1.54, 1.807) is 0 Å². The van der Waals surface area contributed by atoms with E-state index >= 15 is 0 Å². The highest BCUT2D eigenvalue weighted by molar-refractivity contribution is 5.83. The van der Waals surface area contributed by atoms with Gasteiger partial charge in [-0.1, -0.05) is 36.4 Å². The first kappa shape index (κ1) is 13.6. The molecule has 0 saturated carbocycles. The molecule has 2 rings (SSSR count). The van der Waals surface area contributed by atoms with Gasteiger partial charge in [-0.2, -0.15) is 0 Å². The molecule has 0 spiro atoms. The topological polar surface area (TPSA) is 41.1 Å². The predicted molar refractivity (Wildman–Crippen MR) is 79.0 cm³/mol. The zero-order valence-electron chi connectivity index (χ0n) is 11.4. The van der Waals surface area contributed by atoms with E-state index in [4.69, 9.17) is 0 Å². The lowest BCUT2D eigenvalue weighted by Crippen LogP contribution is -2.34. The van der Waals surface area contributed by atoms with Crippen LogP contribution in [-0.4, -0.2) is 19.0 Å². The molecule has 3 nitrogen and oxygen atoms in total. The summed E-state index contributed by atoms with van der Waals surface area (Å²) in [4.78, 5) is 11.4. The Balaban J connectivity index is 2.04. The normalized spacial score (nSPS) is 12.3. The van der Waals surface area contributed by atoms with Crippen molar-refractivity contribution in [2.75, 3.05) is 13.1 Å². The van der Waals surface area contributed by atoms with Crippen LogP contribution in [0.15, 0.2) is 42.5 Å². The average Bonchev–Trinajstić information content (AvgIpc) is 2.44. The summed E-state index contributed by atoms with van der Waals surface area (Å²) >= 11 is 0. The smallest absolute Gasteiger partial charge is 0.233 e. The Kier molecular flexibility index (Phi) is 4.53. The van der Waals surface area contributed by atoms with E-state index in [1.165, 1.54) is 16.3 Å². The minimum absolute atomic E-state index is 0.0372. The molecule has 1 atom stereocenters. The molecular formula is C16H20N2O. The van der Waals surface area contributed by atoms with Crippen LogP contribution >= 0.6 is 0 Å². The van der Waals surface area contributed by atoms with E-state index in [9.17, 15) is 4.79 Å². The number of carbonyl (C=O) groups excluding carboxylic acids is 1. The Bertz CT molecular complexity index is 565. The van der Waals surface area contributed by atoms with E-state index < -0.39 is 0 Å². The highest BCUT2D eigenvalue weighted by atomic mass is 16.1. The van der Waals surface area contributed by atoms with Crippen LogP contribution in [0.2, 0.25) is 0 Å². The molecule has 19 heavy (non-hydrogen) atoms. The number of rotatable bonds is 5. The molecule has 0 bridgehead atoms. The fraction of sp³-hybridized carbons (Fsp3) is 0.312. The van der Waals surface area contributed by atoms with Crippen molar-refractivity contribution in [2.45, 2.75) is 19.9 Å². The minimum atomic E-state index is 0.0372. The number of likely N-dealkylation sites (N-methyl/N-ethyl adjacent to an activating group) is 1. The van der Waals surface area contributed by atoms with Crippen LogP contribution in [0.5, 0.6) is 0 Å². The molecule has 0 aliphatic carbocycles. The van der Waals surface area contributed by atoms with Gasteiger partial charge in [0.15, 0.2) is 0 Å². The summed E-state index contributed by atoms with van der Waals surface area (Å²) in [6.07, 6.45) is 0. The third kappa shape index (κ3) is 3.55. The van der Waals surface area contributed by atoms with Gasteiger partial charge in [0.2, 0.25) is 5.91 Å². The Labute approximate surface area is 114 Å². The molecule has 0 aromatic heterocycles. The van der Waals surface area contributed by atoms with E-state index in [0.717, 1.165) is 0 Å². The van der Waals surface area contributed by atoms with Gasteiger partial charge in [0, 0.05) is 12.6 Å². The van der Waals surface area contributed by atoms with Crippen LogP contribution in [0.25, 0.3) is 10.8 Å². The second kappa shape index (κ2) is 6.34. The highest BCUT2D eigenvalue weighted by Gasteiger charge is 2.07. The number of amides is 1. The molecule has 1 amide bonds. The fourth-order valence-electron chi connectivity index (χ4n) is 2.10. The van der Waals surface area contributed by atoms with Crippen molar-refractivity contribution in [3.63, 3.8) is 0 Å². The van der Waals surface area contributed by atoms with Gasteiger partial charge >= 0.3 is 0 Å². The lowest BCUT2D eigenvalue weighted by molar-refractivity contribution is -0.120. The van der Waals surface area contributed by atoms with E-state index in [0.29, 0.717) is 13.1 Å². The molecule has 0 unspecified atom stereocenters. The largest absolute Gasteiger partial charge is 0.355 e. The molecule has 0 radical (unpaired) electrons. The van der Waals surface area contributed by atoms with Crippen molar-refractivity contribution in [2.24, 2.45) is 0 Å². The maximum atomic E-state index is 11.4. The van der Waals surface area contributed by atoms with Gasteiger partial charge in [-0.25, -0.2) is 0 Å². The first-order valence-corrected chi connectivity index (χ1v) is 6.69. The quantitative estimate of drug-likeness (QED) is 0.863. The molecule has 0 fully saturated rings. The van der Waals surface area contributed by atoms with Crippen molar-refractivity contribution >= 4 is 16.7 Å². The molecule has 0 heterocycles. The lowest BCUT2D eigenvalue weighted by atomic mass is 10.0. The number of hydrogen-bond donors (Lipinski definition) is 2. The van der Waals surface area contributed by atoms with Crippen LogP contribution in [0.1, 0.15) is 25.5 Å². The van der Waals surface area contributed by atoms with Gasteiger partial charge < -0.3 is 10.6 Å². The first-order chi connectivity index (χ1) is 9.20.